The quantitative estimate of drug-likeness (QED) is 0.767. The van der Waals surface area contributed by atoms with Crippen LogP contribution in [-0.2, 0) is 4.79 Å². The summed E-state index contributed by atoms with van der Waals surface area (Å²) in [5.41, 5.74) is 5.67. The molecule has 0 atom stereocenters. The molecule has 0 aromatic carbocycles. The number of hydrogen-bond acceptors (Lipinski definition) is 3. The Kier molecular flexibility index (Phi) is 4.40. The van der Waals surface area contributed by atoms with Gasteiger partial charge in [0.05, 0.1) is 0 Å². The van der Waals surface area contributed by atoms with Crippen molar-refractivity contribution < 1.29 is 4.79 Å². The summed E-state index contributed by atoms with van der Waals surface area (Å²) in [6, 6.07) is 0.810. The monoisotopic (exact) mass is 239 g/mol. The van der Waals surface area contributed by atoms with E-state index in [0.717, 1.165) is 51.0 Å². The van der Waals surface area contributed by atoms with Crippen molar-refractivity contribution in [3.8, 4) is 0 Å². The van der Waals surface area contributed by atoms with E-state index >= 15 is 0 Å². The molecular weight excluding hydrogens is 214 g/mol. The SMILES string of the molecule is CC(=O)N1CCC(CN(CCN)C2CC2)CC1. The summed E-state index contributed by atoms with van der Waals surface area (Å²) in [5, 5.41) is 0. The van der Waals surface area contributed by atoms with Gasteiger partial charge in [-0.25, -0.2) is 0 Å². The lowest BCUT2D eigenvalue weighted by Gasteiger charge is -2.34. The minimum absolute atomic E-state index is 0.226. The molecule has 2 rings (SSSR count). The van der Waals surface area contributed by atoms with Crippen molar-refractivity contribution in [2.75, 3.05) is 32.7 Å². The van der Waals surface area contributed by atoms with Crippen molar-refractivity contribution in [2.45, 2.75) is 38.6 Å². The normalized spacial score (nSPS) is 22.2. The summed E-state index contributed by atoms with van der Waals surface area (Å²) in [4.78, 5) is 15.8. The smallest absolute Gasteiger partial charge is 0.219 e. The predicted molar refractivity (Wildman–Crippen MR) is 68.6 cm³/mol. The lowest BCUT2D eigenvalue weighted by Crippen LogP contribution is -2.42. The molecule has 1 saturated carbocycles. The fraction of sp³-hybridized carbons (Fsp3) is 0.923. The Hall–Kier alpha value is -0.610. The second-order valence-electron chi connectivity index (χ2n) is 5.46. The molecule has 0 spiro atoms. The largest absolute Gasteiger partial charge is 0.343 e. The Balaban J connectivity index is 1.74. The van der Waals surface area contributed by atoms with Crippen molar-refractivity contribution >= 4 is 5.91 Å². The fourth-order valence-electron chi connectivity index (χ4n) is 2.79. The van der Waals surface area contributed by atoms with E-state index in [2.05, 4.69) is 4.90 Å². The third-order valence-electron chi connectivity index (χ3n) is 4.03. The molecule has 0 aromatic heterocycles. The first-order chi connectivity index (χ1) is 8.20. The van der Waals surface area contributed by atoms with E-state index in [4.69, 9.17) is 5.73 Å². The maximum Gasteiger partial charge on any atom is 0.219 e. The highest BCUT2D eigenvalue weighted by Gasteiger charge is 2.31. The first kappa shape index (κ1) is 12.8. The molecule has 1 amide bonds. The molecule has 1 aliphatic carbocycles. The van der Waals surface area contributed by atoms with Gasteiger partial charge >= 0.3 is 0 Å². The minimum Gasteiger partial charge on any atom is -0.343 e. The van der Waals surface area contributed by atoms with Gasteiger partial charge < -0.3 is 10.6 Å². The van der Waals surface area contributed by atoms with Gasteiger partial charge in [-0.15, -0.1) is 0 Å². The topological polar surface area (TPSA) is 49.6 Å². The lowest BCUT2D eigenvalue weighted by atomic mass is 9.96. The lowest BCUT2D eigenvalue weighted by molar-refractivity contribution is -0.130. The van der Waals surface area contributed by atoms with E-state index in [0.29, 0.717) is 0 Å². The van der Waals surface area contributed by atoms with Gasteiger partial charge in [0, 0.05) is 45.7 Å². The fourth-order valence-corrected chi connectivity index (χ4v) is 2.79. The first-order valence-electron chi connectivity index (χ1n) is 6.90. The zero-order chi connectivity index (χ0) is 12.3. The molecule has 0 unspecified atom stereocenters. The van der Waals surface area contributed by atoms with Crippen molar-refractivity contribution in [2.24, 2.45) is 11.7 Å². The van der Waals surface area contributed by atoms with Gasteiger partial charge in [-0.1, -0.05) is 0 Å². The number of likely N-dealkylation sites (tertiary alicyclic amines) is 1. The number of carbonyl (C=O) groups excluding carboxylic acids is 1. The van der Waals surface area contributed by atoms with Gasteiger partial charge in [-0.05, 0) is 31.6 Å². The van der Waals surface area contributed by atoms with Crippen LogP contribution in [0.4, 0.5) is 0 Å². The molecule has 98 valence electrons. The highest BCUT2D eigenvalue weighted by atomic mass is 16.2. The van der Waals surface area contributed by atoms with E-state index in [1.54, 1.807) is 6.92 Å². The van der Waals surface area contributed by atoms with Crippen LogP contribution >= 0.6 is 0 Å². The molecule has 0 radical (unpaired) electrons. The number of carbonyl (C=O) groups is 1. The zero-order valence-electron chi connectivity index (χ0n) is 10.9. The number of hydrogen-bond donors (Lipinski definition) is 1. The maximum atomic E-state index is 11.2. The molecule has 2 aliphatic rings. The van der Waals surface area contributed by atoms with Crippen LogP contribution in [0.15, 0.2) is 0 Å². The Morgan fingerprint density at radius 3 is 2.41 bits per heavy atom. The first-order valence-corrected chi connectivity index (χ1v) is 6.90. The molecule has 4 heteroatoms. The number of nitrogens with two attached hydrogens (primary N) is 1. The van der Waals surface area contributed by atoms with Crippen molar-refractivity contribution in [1.29, 1.82) is 0 Å². The van der Waals surface area contributed by atoms with Gasteiger partial charge in [0.2, 0.25) is 5.91 Å². The average molecular weight is 239 g/mol. The van der Waals surface area contributed by atoms with Crippen LogP contribution in [0.3, 0.4) is 0 Å². The standard InChI is InChI=1S/C13H25N3O/c1-11(17)15-7-4-12(5-8-15)10-16(9-6-14)13-2-3-13/h12-13H,2-10,14H2,1H3. The van der Waals surface area contributed by atoms with Crippen LogP contribution in [-0.4, -0.2) is 54.5 Å². The van der Waals surface area contributed by atoms with E-state index in [9.17, 15) is 4.79 Å². The Morgan fingerprint density at radius 1 is 1.29 bits per heavy atom. The van der Waals surface area contributed by atoms with E-state index in [1.807, 2.05) is 4.90 Å². The molecule has 1 aliphatic heterocycles. The number of piperidine rings is 1. The van der Waals surface area contributed by atoms with Gasteiger partial charge in [0.25, 0.3) is 0 Å². The molecule has 1 saturated heterocycles. The van der Waals surface area contributed by atoms with E-state index in [1.165, 1.54) is 19.4 Å². The van der Waals surface area contributed by atoms with Gasteiger partial charge in [-0.3, -0.25) is 9.69 Å². The Labute approximate surface area is 104 Å². The Bertz CT molecular complexity index is 257. The highest BCUT2D eigenvalue weighted by Crippen LogP contribution is 2.29. The molecule has 2 N–H and O–H groups in total. The summed E-state index contributed by atoms with van der Waals surface area (Å²) >= 11 is 0. The summed E-state index contributed by atoms with van der Waals surface area (Å²) in [7, 11) is 0. The summed E-state index contributed by atoms with van der Waals surface area (Å²) < 4.78 is 0. The van der Waals surface area contributed by atoms with Crippen LogP contribution in [0.5, 0.6) is 0 Å². The summed E-state index contributed by atoms with van der Waals surface area (Å²) in [5.74, 6) is 0.988. The summed E-state index contributed by atoms with van der Waals surface area (Å²) in [6.07, 6.45) is 5.03. The molecule has 2 fully saturated rings. The molecule has 4 nitrogen and oxygen atoms in total. The molecule has 0 aromatic rings. The van der Waals surface area contributed by atoms with E-state index in [-0.39, 0.29) is 5.91 Å². The second kappa shape index (κ2) is 5.83. The average Bonchev–Trinajstić information content (AvgIpc) is 3.13. The van der Waals surface area contributed by atoms with Crippen molar-refractivity contribution in [3.63, 3.8) is 0 Å². The van der Waals surface area contributed by atoms with Crippen LogP contribution in [0.25, 0.3) is 0 Å². The third-order valence-corrected chi connectivity index (χ3v) is 4.03. The summed E-state index contributed by atoms with van der Waals surface area (Å²) in [6.45, 7) is 6.56. The highest BCUT2D eigenvalue weighted by molar-refractivity contribution is 5.73. The van der Waals surface area contributed by atoms with Crippen molar-refractivity contribution in [3.05, 3.63) is 0 Å². The van der Waals surface area contributed by atoms with Crippen LogP contribution in [0.2, 0.25) is 0 Å². The molecule has 17 heavy (non-hydrogen) atoms. The number of nitrogens with zero attached hydrogens (tertiary/aromatic N) is 2. The Morgan fingerprint density at radius 2 is 1.94 bits per heavy atom. The predicted octanol–water partition coefficient (Wildman–Crippen LogP) is 0.668. The van der Waals surface area contributed by atoms with Gasteiger partial charge in [-0.2, -0.15) is 0 Å². The van der Waals surface area contributed by atoms with Gasteiger partial charge in [0.1, 0.15) is 0 Å². The zero-order valence-corrected chi connectivity index (χ0v) is 10.9. The van der Waals surface area contributed by atoms with Crippen LogP contribution < -0.4 is 5.73 Å². The third kappa shape index (κ3) is 3.68. The van der Waals surface area contributed by atoms with Gasteiger partial charge in [0.15, 0.2) is 0 Å². The molecular formula is C13H25N3O. The van der Waals surface area contributed by atoms with E-state index < -0.39 is 0 Å². The molecule has 0 bridgehead atoms. The van der Waals surface area contributed by atoms with Crippen LogP contribution in [0.1, 0.15) is 32.6 Å². The number of amides is 1. The van der Waals surface area contributed by atoms with Crippen LogP contribution in [0, 0.1) is 5.92 Å². The maximum absolute atomic E-state index is 11.2. The van der Waals surface area contributed by atoms with Crippen molar-refractivity contribution in [1.82, 2.24) is 9.80 Å². The second-order valence-corrected chi connectivity index (χ2v) is 5.46. The minimum atomic E-state index is 0.226. The molecule has 1 heterocycles. The number of rotatable bonds is 5.